The van der Waals surface area contributed by atoms with E-state index in [0.29, 0.717) is 41.0 Å². The predicted octanol–water partition coefficient (Wildman–Crippen LogP) is 4.35. The summed E-state index contributed by atoms with van der Waals surface area (Å²) in [6.45, 7) is 14.1. The number of carbonyl (C=O) groups is 2. The molecule has 6 nitrogen and oxygen atoms in total. The number of carbonyl (C=O) groups excluding carboxylic acids is 2. The number of hydrogen-bond donors (Lipinski definition) is 0. The number of imidazole rings is 1. The van der Waals surface area contributed by atoms with Crippen LogP contribution in [0.5, 0.6) is 0 Å². The van der Waals surface area contributed by atoms with E-state index in [1.165, 1.54) is 0 Å². The molecular formula is C22H33N3O3. The van der Waals surface area contributed by atoms with Crippen molar-refractivity contribution in [2.24, 2.45) is 11.8 Å². The number of pyridine rings is 1. The van der Waals surface area contributed by atoms with Crippen LogP contribution in [-0.2, 0) is 4.74 Å². The molecule has 2 rings (SSSR count). The summed E-state index contributed by atoms with van der Waals surface area (Å²) in [7, 11) is 0. The highest BCUT2D eigenvalue weighted by atomic mass is 16.5. The average molecular weight is 388 g/mol. The van der Waals surface area contributed by atoms with Crippen LogP contribution in [0.3, 0.4) is 0 Å². The second-order valence-electron chi connectivity index (χ2n) is 8.07. The van der Waals surface area contributed by atoms with Gasteiger partial charge in [-0.25, -0.2) is 9.78 Å². The van der Waals surface area contributed by atoms with Gasteiger partial charge >= 0.3 is 5.97 Å². The molecule has 0 aliphatic heterocycles. The first-order chi connectivity index (χ1) is 13.2. The van der Waals surface area contributed by atoms with Crippen LogP contribution in [0, 0.1) is 18.8 Å². The second-order valence-corrected chi connectivity index (χ2v) is 8.07. The van der Waals surface area contributed by atoms with Gasteiger partial charge in [-0.2, -0.15) is 0 Å². The molecule has 0 fully saturated rings. The van der Waals surface area contributed by atoms with Crippen molar-refractivity contribution in [3.05, 3.63) is 35.3 Å². The van der Waals surface area contributed by atoms with Crippen LogP contribution in [-0.4, -0.2) is 45.9 Å². The normalized spacial score (nSPS) is 11.4. The van der Waals surface area contributed by atoms with Gasteiger partial charge in [0.15, 0.2) is 5.69 Å². The number of fused-ring (bicyclic) bond motifs is 1. The first-order valence-corrected chi connectivity index (χ1v) is 10.2. The van der Waals surface area contributed by atoms with Crippen LogP contribution < -0.4 is 0 Å². The van der Waals surface area contributed by atoms with Gasteiger partial charge in [-0.05, 0) is 50.7 Å². The predicted molar refractivity (Wildman–Crippen MR) is 111 cm³/mol. The van der Waals surface area contributed by atoms with Crippen LogP contribution in [0.2, 0.25) is 0 Å². The van der Waals surface area contributed by atoms with E-state index in [-0.39, 0.29) is 5.91 Å². The Balaban J connectivity index is 2.31. The maximum absolute atomic E-state index is 13.2. The maximum Gasteiger partial charge on any atom is 0.358 e. The lowest BCUT2D eigenvalue weighted by molar-refractivity contribution is 0.0519. The first-order valence-electron chi connectivity index (χ1n) is 10.2. The standard InChI is InChI=1S/C22H33N3O3/c1-7-28-22(27)20-17(6)25-14-18(8-9-19(25)23-20)21(26)24(12-10-15(2)3)13-11-16(4)5/h8-9,14-16H,7,10-13H2,1-6H3. The Morgan fingerprint density at radius 3 is 2.25 bits per heavy atom. The quantitative estimate of drug-likeness (QED) is 0.600. The van der Waals surface area contributed by atoms with Crippen molar-refractivity contribution in [2.45, 2.75) is 54.4 Å². The molecule has 154 valence electrons. The zero-order chi connectivity index (χ0) is 20.8. The lowest BCUT2D eigenvalue weighted by Gasteiger charge is -2.24. The Kier molecular flexibility index (Phi) is 7.61. The van der Waals surface area contributed by atoms with Crippen LogP contribution in [0.4, 0.5) is 0 Å². The van der Waals surface area contributed by atoms with Crippen LogP contribution in [0.15, 0.2) is 18.3 Å². The van der Waals surface area contributed by atoms with E-state index in [0.717, 1.165) is 25.9 Å². The minimum Gasteiger partial charge on any atom is -0.461 e. The van der Waals surface area contributed by atoms with Crippen LogP contribution in [0.25, 0.3) is 5.65 Å². The van der Waals surface area contributed by atoms with Crippen molar-refractivity contribution >= 4 is 17.5 Å². The molecule has 2 heterocycles. The van der Waals surface area contributed by atoms with Gasteiger partial charge in [-0.3, -0.25) is 4.79 Å². The highest BCUT2D eigenvalue weighted by Crippen LogP contribution is 2.17. The van der Waals surface area contributed by atoms with E-state index < -0.39 is 5.97 Å². The van der Waals surface area contributed by atoms with Gasteiger partial charge in [0.1, 0.15) is 5.65 Å². The smallest absolute Gasteiger partial charge is 0.358 e. The average Bonchev–Trinajstić information content (AvgIpc) is 2.97. The molecule has 2 aromatic heterocycles. The molecule has 0 saturated heterocycles. The highest BCUT2D eigenvalue weighted by molar-refractivity contribution is 5.94. The number of amides is 1. The summed E-state index contributed by atoms with van der Waals surface area (Å²) >= 11 is 0. The molecule has 0 radical (unpaired) electrons. The van der Waals surface area contributed by atoms with Crippen molar-refractivity contribution in [1.29, 1.82) is 0 Å². The number of rotatable bonds is 9. The summed E-state index contributed by atoms with van der Waals surface area (Å²) in [6, 6.07) is 3.57. The third kappa shape index (κ3) is 5.33. The van der Waals surface area contributed by atoms with Crippen LogP contribution >= 0.6 is 0 Å². The molecule has 28 heavy (non-hydrogen) atoms. The molecule has 0 bridgehead atoms. The van der Waals surface area contributed by atoms with Gasteiger partial charge in [0.05, 0.1) is 17.9 Å². The fraction of sp³-hybridized carbons (Fsp3) is 0.591. The zero-order valence-corrected chi connectivity index (χ0v) is 18.0. The van der Waals surface area contributed by atoms with Crippen molar-refractivity contribution in [2.75, 3.05) is 19.7 Å². The Morgan fingerprint density at radius 2 is 1.71 bits per heavy atom. The molecule has 0 atom stereocenters. The first kappa shape index (κ1) is 21.9. The Hall–Kier alpha value is -2.37. The van der Waals surface area contributed by atoms with Gasteiger partial charge in [0, 0.05) is 19.3 Å². The maximum atomic E-state index is 13.2. The number of nitrogens with zero attached hydrogens (tertiary/aromatic N) is 3. The molecule has 0 saturated carbocycles. The van der Waals surface area contributed by atoms with Crippen molar-refractivity contribution in [3.63, 3.8) is 0 Å². The minimum atomic E-state index is -0.438. The van der Waals surface area contributed by atoms with Crippen molar-refractivity contribution in [1.82, 2.24) is 14.3 Å². The Morgan fingerprint density at radius 1 is 1.11 bits per heavy atom. The van der Waals surface area contributed by atoms with Crippen LogP contribution in [0.1, 0.15) is 74.0 Å². The lowest BCUT2D eigenvalue weighted by atomic mass is 10.1. The summed E-state index contributed by atoms with van der Waals surface area (Å²) in [6.07, 6.45) is 3.73. The molecule has 0 aliphatic rings. The molecule has 0 aliphatic carbocycles. The summed E-state index contributed by atoms with van der Waals surface area (Å²) in [5, 5.41) is 0. The van der Waals surface area contributed by atoms with E-state index in [9.17, 15) is 9.59 Å². The fourth-order valence-electron chi connectivity index (χ4n) is 3.01. The van der Waals surface area contributed by atoms with Gasteiger partial charge in [0.2, 0.25) is 0 Å². The zero-order valence-electron chi connectivity index (χ0n) is 18.0. The highest BCUT2D eigenvalue weighted by Gasteiger charge is 2.20. The number of aryl methyl sites for hydroxylation is 1. The minimum absolute atomic E-state index is 0.0222. The lowest BCUT2D eigenvalue weighted by Crippen LogP contribution is -2.34. The third-order valence-electron chi connectivity index (χ3n) is 4.81. The number of ether oxygens (including phenoxy) is 1. The van der Waals surface area contributed by atoms with Gasteiger partial charge in [-0.1, -0.05) is 27.7 Å². The number of aromatic nitrogens is 2. The molecule has 0 unspecified atom stereocenters. The molecule has 0 spiro atoms. The molecule has 6 heteroatoms. The van der Waals surface area contributed by atoms with Crippen molar-refractivity contribution in [3.8, 4) is 0 Å². The summed E-state index contributed by atoms with van der Waals surface area (Å²) in [5.41, 5.74) is 2.21. The second kappa shape index (κ2) is 9.71. The summed E-state index contributed by atoms with van der Waals surface area (Å²) in [5.74, 6) is 0.667. The van der Waals surface area contributed by atoms with Gasteiger partial charge in [-0.15, -0.1) is 0 Å². The number of hydrogen-bond acceptors (Lipinski definition) is 4. The molecule has 0 aromatic carbocycles. The topological polar surface area (TPSA) is 63.9 Å². The fourth-order valence-corrected chi connectivity index (χ4v) is 3.01. The van der Waals surface area contributed by atoms with E-state index in [2.05, 4.69) is 32.7 Å². The summed E-state index contributed by atoms with van der Waals surface area (Å²) < 4.78 is 6.87. The van der Waals surface area contributed by atoms with E-state index in [1.807, 2.05) is 11.8 Å². The van der Waals surface area contributed by atoms with Gasteiger partial charge in [0.25, 0.3) is 5.91 Å². The molecular weight excluding hydrogens is 354 g/mol. The van der Waals surface area contributed by atoms with Crippen molar-refractivity contribution < 1.29 is 14.3 Å². The Bertz CT molecular complexity index is 812. The van der Waals surface area contributed by atoms with E-state index in [1.54, 1.807) is 29.7 Å². The van der Waals surface area contributed by atoms with E-state index >= 15 is 0 Å². The molecule has 2 aromatic rings. The largest absolute Gasteiger partial charge is 0.461 e. The third-order valence-corrected chi connectivity index (χ3v) is 4.81. The monoisotopic (exact) mass is 387 g/mol. The summed E-state index contributed by atoms with van der Waals surface area (Å²) in [4.78, 5) is 31.6. The number of esters is 1. The molecule has 0 N–H and O–H groups in total. The molecule has 1 amide bonds. The Labute approximate surface area is 167 Å². The van der Waals surface area contributed by atoms with E-state index in [4.69, 9.17) is 4.74 Å². The van der Waals surface area contributed by atoms with Gasteiger partial charge < -0.3 is 14.0 Å². The SMILES string of the molecule is CCOC(=O)c1nc2ccc(C(=O)N(CCC(C)C)CCC(C)C)cn2c1C.